The number of hydrogen-bond acceptors (Lipinski definition) is 4. The molecule has 1 aromatic heterocycles. The number of hydrogen-bond donors (Lipinski definition) is 0. The average molecular weight is 434 g/mol. The number of benzene rings is 3. The van der Waals surface area contributed by atoms with Gasteiger partial charge in [0, 0.05) is 12.6 Å². The van der Waals surface area contributed by atoms with Crippen LogP contribution in [0.5, 0.6) is 5.75 Å². The lowest BCUT2D eigenvalue weighted by Gasteiger charge is -2.29. The van der Waals surface area contributed by atoms with Crippen LogP contribution in [0, 0.1) is 0 Å². The largest absolute Gasteiger partial charge is 0.456 e. The first-order valence-corrected chi connectivity index (χ1v) is 11.6. The van der Waals surface area contributed by atoms with Gasteiger partial charge >= 0.3 is 0 Å². The Hall–Kier alpha value is -3.83. The highest BCUT2D eigenvalue weighted by atomic mass is 32.1. The third-order valence-electron chi connectivity index (χ3n) is 6.61. The third kappa shape index (κ3) is 2.09. The van der Waals surface area contributed by atoms with Crippen molar-refractivity contribution in [2.24, 2.45) is 0 Å². The van der Waals surface area contributed by atoms with E-state index in [-0.39, 0.29) is 0 Å². The van der Waals surface area contributed by atoms with Gasteiger partial charge in [-0.05, 0) is 41.8 Å². The summed E-state index contributed by atoms with van der Waals surface area (Å²) in [5.41, 5.74) is 4.54. The van der Waals surface area contributed by atoms with Gasteiger partial charge in [0.15, 0.2) is 12.3 Å². The molecule has 0 unspecified atom stereocenters. The molecule has 0 saturated heterocycles. The van der Waals surface area contributed by atoms with Crippen molar-refractivity contribution in [3.05, 3.63) is 107 Å². The van der Waals surface area contributed by atoms with E-state index in [1.807, 2.05) is 23.5 Å². The number of allylic oxidation sites excluding steroid dienone is 3. The Morgan fingerprint density at radius 3 is 2.78 bits per heavy atom. The van der Waals surface area contributed by atoms with Crippen LogP contribution in [0.25, 0.3) is 26.6 Å². The highest BCUT2D eigenvalue weighted by Gasteiger charge is 2.39. The summed E-state index contributed by atoms with van der Waals surface area (Å²) in [5, 5.41) is 3.79. The molecule has 0 saturated carbocycles. The van der Waals surface area contributed by atoms with E-state index < -0.39 is 0 Å². The summed E-state index contributed by atoms with van der Waals surface area (Å²) in [7, 11) is 0. The van der Waals surface area contributed by atoms with Crippen molar-refractivity contribution < 1.29 is 14.0 Å². The molecular weight excluding hydrogens is 416 g/mol. The van der Waals surface area contributed by atoms with Crippen molar-refractivity contribution in [2.45, 2.75) is 6.54 Å². The number of aromatic nitrogens is 1. The fraction of sp³-hybridized carbons (Fsp3) is 0.0741. The molecule has 0 radical (unpaired) electrons. The molecule has 0 aliphatic carbocycles. The van der Waals surface area contributed by atoms with Crippen molar-refractivity contribution in [1.82, 2.24) is 0 Å². The Labute approximate surface area is 188 Å². The third-order valence-corrected chi connectivity index (χ3v) is 7.79. The van der Waals surface area contributed by atoms with Crippen LogP contribution < -0.4 is 14.2 Å². The summed E-state index contributed by atoms with van der Waals surface area (Å²) >= 11 is 1.83. The van der Waals surface area contributed by atoms with E-state index in [1.54, 1.807) is 0 Å². The molecule has 0 fully saturated rings. The summed E-state index contributed by atoms with van der Waals surface area (Å²) in [5.74, 6) is 3.59. The lowest BCUT2D eigenvalue weighted by atomic mass is 10.0. The van der Waals surface area contributed by atoms with Crippen molar-refractivity contribution in [3.8, 4) is 5.75 Å². The summed E-state index contributed by atoms with van der Waals surface area (Å²) in [4.78, 5) is 2.22. The number of fused-ring (bicyclic) bond motifs is 11. The van der Waals surface area contributed by atoms with Gasteiger partial charge in [-0.2, -0.15) is 4.57 Å². The Balaban J connectivity index is 1.36. The van der Waals surface area contributed by atoms with Gasteiger partial charge in [0.05, 0.1) is 16.6 Å². The first-order valence-electron chi connectivity index (χ1n) is 10.8. The van der Waals surface area contributed by atoms with Gasteiger partial charge < -0.3 is 14.4 Å². The molecule has 5 heteroatoms. The van der Waals surface area contributed by atoms with Crippen LogP contribution in [-0.2, 0) is 11.3 Å². The van der Waals surface area contributed by atoms with Gasteiger partial charge in [0.1, 0.15) is 21.8 Å². The molecular formula is C27H17N2O2S+. The molecule has 152 valence electrons. The minimum absolute atomic E-state index is 0.747. The number of para-hydroxylation sites is 2. The van der Waals surface area contributed by atoms with Crippen molar-refractivity contribution in [3.63, 3.8) is 0 Å². The molecule has 0 amide bonds. The number of thiazole rings is 1. The molecule has 5 heterocycles. The SMILES string of the molecule is C1=C2OC3=CCN4C(=C3C=C2c2sc3ccc5ccccc5c3[n+]2C1)Oc1ccccc14. The molecule has 4 aliphatic heterocycles. The smallest absolute Gasteiger partial charge is 0.274 e. The highest BCUT2D eigenvalue weighted by molar-refractivity contribution is 7.19. The minimum Gasteiger partial charge on any atom is -0.456 e. The predicted octanol–water partition coefficient (Wildman–Crippen LogP) is 5.66. The van der Waals surface area contributed by atoms with E-state index in [2.05, 4.69) is 76.2 Å². The van der Waals surface area contributed by atoms with Crippen LogP contribution in [0.2, 0.25) is 0 Å². The van der Waals surface area contributed by atoms with Crippen molar-refractivity contribution in [1.29, 1.82) is 0 Å². The van der Waals surface area contributed by atoms with Crippen LogP contribution in [0.1, 0.15) is 5.01 Å². The first-order chi connectivity index (χ1) is 15.8. The Kier molecular flexibility index (Phi) is 3.10. The van der Waals surface area contributed by atoms with Crippen LogP contribution in [-0.4, -0.2) is 6.54 Å². The van der Waals surface area contributed by atoms with E-state index in [0.717, 1.165) is 53.1 Å². The molecule has 4 nitrogen and oxygen atoms in total. The molecule has 0 N–H and O–H groups in total. The van der Waals surface area contributed by atoms with E-state index >= 15 is 0 Å². The number of nitrogens with zero attached hydrogens (tertiary/aromatic N) is 2. The second-order valence-electron chi connectivity index (χ2n) is 8.35. The summed E-state index contributed by atoms with van der Waals surface area (Å²) in [6, 6.07) is 21.3. The van der Waals surface area contributed by atoms with Gasteiger partial charge in [-0.3, -0.25) is 0 Å². The molecule has 0 atom stereocenters. The van der Waals surface area contributed by atoms with Crippen LogP contribution in [0.3, 0.4) is 0 Å². The molecule has 0 bridgehead atoms. The van der Waals surface area contributed by atoms with Gasteiger partial charge in [-0.1, -0.05) is 47.7 Å². The van der Waals surface area contributed by atoms with Crippen LogP contribution >= 0.6 is 11.3 Å². The topological polar surface area (TPSA) is 25.6 Å². The zero-order valence-corrected chi connectivity index (χ0v) is 17.9. The van der Waals surface area contributed by atoms with Crippen LogP contribution in [0.4, 0.5) is 5.69 Å². The maximum atomic E-state index is 6.42. The van der Waals surface area contributed by atoms with Crippen molar-refractivity contribution >= 4 is 43.6 Å². The predicted molar refractivity (Wildman–Crippen MR) is 126 cm³/mol. The lowest BCUT2D eigenvalue weighted by molar-refractivity contribution is -0.659. The van der Waals surface area contributed by atoms with E-state index in [9.17, 15) is 0 Å². The molecule has 4 aromatic rings. The average Bonchev–Trinajstić information content (AvgIpc) is 3.42. The Bertz CT molecular complexity index is 1640. The summed E-state index contributed by atoms with van der Waals surface area (Å²) < 4.78 is 16.4. The zero-order chi connectivity index (χ0) is 20.8. The molecule has 0 spiro atoms. The minimum atomic E-state index is 0.747. The Morgan fingerprint density at radius 2 is 1.78 bits per heavy atom. The maximum absolute atomic E-state index is 6.42. The molecule has 3 aromatic carbocycles. The number of ether oxygens (including phenoxy) is 2. The van der Waals surface area contributed by atoms with Gasteiger partial charge in [-0.25, -0.2) is 0 Å². The second-order valence-corrected chi connectivity index (χ2v) is 9.38. The van der Waals surface area contributed by atoms with Crippen molar-refractivity contribution in [2.75, 3.05) is 11.4 Å². The highest BCUT2D eigenvalue weighted by Crippen LogP contribution is 2.47. The normalized spacial score (nSPS) is 18.0. The van der Waals surface area contributed by atoms with E-state index in [1.165, 1.54) is 26.0 Å². The van der Waals surface area contributed by atoms with Gasteiger partial charge in [-0.15, -0.1) is 0 Å². The second kappa shape index (κ2) is 5.90. The zero-order valence-electron chi connectivity index (χ0n) is 17.0. The van der Waals surface area contributed by atoms with Gasteiger partial charge in [0.25, 0.3) is 5.01 Å². The summed E-state index contributed by atoms with van der Waals surface area (Å²) in [6.07, 6.45) is 6.60. The monoisotopic (exact) mass is 433 g/mol. The fourth-order valence-electron chi connectivity index (χ4n) is 5.15. The molecule has 8 rings (SSSR count). The summed E-state index contributed by atoms with van der Waals surface area (Å²) in [6.45, 7) is 1.56. The molecule has 32 heavy (non-hydrogen) atoms. The number of rotatable bonds is 0. The van der Waals surface area contributed by atoms with E-state index in [0.29, 0.717) is 0 Å². The Morgan fingerprint density at radius 1 is 0.875 bits per heavy atom. The fourth-order valence-corrected chi connectivity index (χ4v) is 6.36. The first kappa shape index (κ1) is 16.8. The standard InChI is InChI=1S/C27H17N2O2S/c1-2-6-17-16(5-1)9-10-24-25(17)29-14-12-22-19(27(29)32-24)15-18-21(30-22)11-13-28-20-7-3-4-8-23(20)31-26(18)28/h1-12,15H,13-14H2/q+1. The number of anilines is 1. The maximum Gasteiger partial charge on any atom is 0.274 e. The lowest BCUT2D eigenvalue weighted by Crippen LogP contribution is -2.39. The molecule has 4 aliphatic rings. The van der Waals surface area contributed by atoms with Crippen LogP contribution in [0.15, 0.2) is 102 Å². The quantitative estimate of drug-likeness (QED) is 0.335. The van der Waals surface area contributed by atoms with E-state index in [4.69, 9.17) is 9.47 Å². The van der Waals surface area contributed by atoms with Gasteiger partial charge in [0.2, 0.25) is 11.4 Å².